The van der Waals surface area contributed by atoms with Crippen LogP contribution in [0.1, 0.15) is 11.1 Å². The lowest BCUT2D eigenvalue weighted by Crippen LogP contribution is -1.98. The van der Waals surface area contributed by atoms with Gasteiger partial charge in [0.2, 0.25) is 0 Å². The summed E-state index contributed by atoms with van der Waals surface area (Å²) in [5.41, 5.74) is 1.34. The van der Waals surface area contributed by atoms with Crippen molar-refractivity contribution < 1.29 is 4.74 Å². The lowest BCUT2D eigenvalue weighted by molar-refractivity contribution is 0.304. The number of nitriles is 1. The monoisotopic (exact) mass is 244 g/mol. The van der Waals surface area contributed by atoms with E-state index in [1.807, 2.05) is 24.3 Å². The first-order chi connectivity index (χ1) is 8.31. The minimum Gasteiger partial charge on any atom is -0.486 e. The molecule has 84 valence electrons. The average molecular weight is 245 g/mol. The van der Waals surface area contributed by atoms with E-state index in [0.29, 0.717) is 22.9 Å². The van der Waals surface area contributed by atoms with Crippen molar-refractivity contribution in [1.82, 2.24) is 4.98 Å². The summed E-state index contributed by atoms with van der Waals surface area (Å²) in [4.78, 5) is 3.92. The molecule has 0 radical (unpaired) electrons. The van der Waals surface area contributed by atoms with Gasteiger partial charge in [0.05, 0.1) is 11.8 Å². The Morgan fingerprint density at radius 2 is 2.12 bits per heavy atom. The molecule has 0 fully saturated rings. The Hall–Kier alpha value is -2.05. The van der Waals surface area contributed by atoms with E-state index < -0.39 is 0 Å². The van der Waals surface area contributed by atoms with Gasteiger partial charge in [0.25, 0.3) is 0 Å². The molecule has 1 aromatic carbocycles. The molecule has 2 rings (SSSR count). The number of benzene rings is 1. The Morgan fingerprint density at radius 3 is 2.88 bits per heavy atom. The van der Waals surface area contributed by atoms with Crippen molar-refractivity contribution in [2.75, 3.05) is 0 Å². The van der Waals surface area contributed by atoms with Crippen LogP contribution in [0.4, 0.5) is 0 Å². The van der Waals surface area contributed by atoms with Gasteiger partial charge < -0.3 is 4.74 Å². The molecular formula is C13H9ClN2O. The van der Waals surface area contributed by atoms with Crippen molar-refractivity contribution in [3.05, 3.63) is 58.9 Å². The van der Waals surface area contributed by atoms with Crippen LogP contribution in [0.5, 0.6) is 5.75 Å². The van der Waals surface area contributed by atoms with Gasteiger partial charge in [-0.25, -0.2) is 0 Å². The Labute approximate surface area is 104 Å². The van der Waals surface area contributed by atoms with Gasteiger partial charge in [0.1, 0.15) is 12.7 Å². The normalized spacial score (nSPS) is 9.65. The first-order valence-corrected chi connectivity index (χ1v) is 5.39. The SMILES string of the molecule is N#Cc1ccncc1OCc1ccccc1Cl. The number of rotatable bonds is 3. The highest BCUT2D eigenvalue weighted by Crippen LogP contribution is 2.20. The van der Waals surface area contributed by atoms with Crippen LogP contribution < -0.4 is 4.74 Å². The molecule has 0 saturated carbocycles. The Balaban J connectivity index is 2.13. The quantitative estimate of drug-likeness (QED) is 0.833. The fraction of sp³-hybridized carbons (Fsp3) is 0.0769. The number of nitrogens with zero attached hydrogens (tertiary/aromatic N) is 2. The van der Waals surface area contributed by atoms with E-state index in [1.165, 1.54) is 6.20 Å². The average Bonchev–Trinajstić information content (AvgIpc) is 2.38. The maximum atomic E-state index is 8.89. The second kappa shape index (κ2) is 5.33. The van der Waals surface area contributed by atoms with Gasteiger partial charge in [-0.1, -0.05) is 29.8 Å². The standard InChI is InChI=1S/C13H9ClN2O/c14-12-4-2-1-3-11(12)9-17-13-8-16-6-5-10(13)7-15/h1-6,8H,9H2. The zero-order valence-corrected chi connectivity index (χ0v) is 9.69. The number of aromatic nitrogens is 1. The summed E-state index contributed by atoms with van der Waals surface area (Å²) in [5.74, 6) is 0.468. The van der Waals surface area contributed by atoms with Crippen LogP contribution in [-0.2, 0) is 6.61 Å². The third kappa shape index (κ3) is 2.74. The van der Waals surface area contributed by atoms with Gasteiger partial charge in [0, 0.05) is 16.8 Å². The molecule has 1 heterocycles. The summed E-state index contributed by atoms with van der Waals surface area (Å²) in [7, 11) is 0. The number of ether oxygens (including phenoxy) is 1. The topological polar surface area (TPSA) is 45.9 Å². The van der Waals surface area contributed by atoms with E-state index in [9.17, 15) is 0 Å². The van der Waals surface area contributed by atoms with Crippen LogP contribution in [0.2, 0.25) is 5.02 Å². The van der Waals surface area contributed by atoms with Crippen molar-refractivity contribution in [3.8, 4) is 11.8 Å². The van der Waals surface area contributed by atoms with Crippen molar-refractivity contribution in [2.24, 2.45) is 0 Å². The van der Waals surface area contributed by atoms with Crippen molar-refractivity contribution in [3.63, 3.8) is 0 Å². The minimum absolute atomic E-state index is 0.319. The smallest absolute Gasteiger partial charge is 0.155 e. The molecule has 1 aromatic heterocycles. The summed E-state index contributed by atoms with van der Waals surface area (Å²) in [6.07, 6.45) is 3.08. The first-order valence-electron chi connectivity index (χ1n) is 5.01. The summed E-state index contributed by atoms with van der Waals surface area (Å²) in [6.45, 7) is 0.319. The lowest BCUT2D eigenvalue weighted by Gasteiger charge is -2.08. The predicted octanol–water partition coefficient (Wildman–Crippen LogP) is 3.19. The number of hydrogen-bond acceptors (Lipinski definition) is 3. The molecule has 0 aliphatic carbocycles. The predicted molar refractivity (Wildman–Crippen MR) is 64.7 cm³/mol. The fourth-order valence-electron chi connectivity index (χ4n) is 1.36. The van der Waals surface area contributed by atoms with Crippen molar-refractivity contribution in [1.29, 1.82) is 5.26 Å². The highest BCUT2D eigenvalue weighted by atomic mass is 35.5. The second-order valence-corrected chi connectivity index (χ2v) is 3.77. The van der Waals surface area contributed by atoms with Crippen molar-refractivity contribution in [2.45, 2.75) is 6.61 Å². The van der Waals surface area contributed by atoms with E-state index in [4.69, 9.17) is 21.6 Å². The van der Waals surface area contributed by atoms with Crippen LogP contribution in [0.15, 0.2) is 42.7 Å². The largest absolute Gasteiger partial charge is 0.486 e. The number of halogens is 1. The molecule has 0 N–H and O–H groups in total. The molecule has 2 aromatic rings. The first kappa shape index (κ1) is 11.4. The molecule has 0 saturated heterocycles. The molecule has 0 atom stereocenters. The maximum Gasteiger partial charge on any atom is 0.155 e. The summed E-state index contributed by atoms with van der Waals surface area (Å²) in [5, 5.41) is 9.53. The van der Waals surface area contributed by atoms with E-state index in [1.54, 1.807) is 18.3 Å². The number of pyridine rings is 1. The number of hydrogen-bond donors (Lipinski definition) is 0. The molecule has 0 spiro atoms. The van der Waals surface area contributed by atoms with Gasteiger partial charge in [-0.2, -0.15) is 5.26 Å². The van der Waals surface area contributed by atoms with Crippen LogP contribution in [0, 0.1) is 11.3 Å². The Morgan fingerprint density at radius 1 is 1.29 bits per heavy atom. The molecule has 3 nitrogen and oxygen atoms in total. The molecule has 0 aliphatic heterocycles. The van der Waals surface area contributed by atoms with Gasteiger partial charge in [0.15, 0.2) is 5.75 Å². The summed E-state index contributed by atoms with van der Waals surface area (Å²) >= 11 is 6.00. The Kier molecular flexibility index (Phi) is 3.59. The molecule has 17 heavy (non-hydrogen) atoms. The van der Waals surface area contributed by atoms with Gasteiger partial charge in [-0.15, -0.1) is 0 Å². The lowest BCUT2D eigenvalue weighted by atomic mass is 10.2. The van der Waals surface area contributed by atoms with Gasteiger partial charge in [-0.3, -0.25) is 4.98 Å². The van der Waals surface area contributed by atoms with Crippen LogP contribution in [0.25, 0.3) is 0 Å². The van der Waals surface area contributed by atoms with Gasteiger partial charge >= 0.3 is 0 Å². The minimum atomic E-state index is 0.319. The molecular weight excluding hydrogens is 236 g/mol. The second-order valence-electron chi connectivity index (χ2n) is 3.36. The zero-order chi connectivity index (χ0) is 12.1. The molecule has 0 unspecified atom stereocenters. The highest BCUT2D eigenvalue weighted by Gasteiger charge is 2.04. The molecule has 4 heteroatoms. The molecule has 0 aliphatic rings. The van der Waals surface area contributed by atoms with E-state index in [-0.39, 0.29) is 0 Å². The Bertz CT molecular complexity index is 563. The van der Waals surface area contributed by atoms with E-state index in [2.05, 4.69) is 4.98 Å². The third-order valence-electron chi connectivity index (χ3n) is 2.25. The molecule has 0 bridgehead atoms. The van der Waals surface area contributed by atoms with Crippen LogP contribution in [0.3, 0.4) is 0 Å². The van der Waals surface area contributed by atoms with E-state index >= 15 is 0 Å². The van der Waals surface area contributed by atoms with Crippen LogP contribution in [-0.4, -0.2) is 4.98 Å². The maximum absolute atomic E-state index is 8.89. The zero-order valence-electron chi connectivity index (χ0n) is 8.93. The van der Waals surface area contributed by atoms with E-state index in [0.717, 1.165) is 5.56 Å². The summed E-state index contributed by atoms with van der Waals surface area (Å²) < 4.78 is 5.53. The highest BCUT2D eigenvalue weighted by molar-refractivity contribution is 6.31. The molecule has 0 amide bonds. The summed E-state index contributed by atoms with van der Waals surface area (Å²) in [6, 6.07) is 11.1. The van der Waals surface area contributed by atoms with Crippen LogP contribution >= 0.6 is 11.6 Å². The third-order valence-corrected chi connectivity index (χ3v) is 2.61. The van der Waals surface area contributed by atoms with Crippen molar-refractivity contribution >= 4 is 11.6 Å². The van der Waals surface area contributed by atoms with Gasteiger partial charge in [-0.05, 0) is 12.1 Å². The fourth-order valence-corrected chi connectivity index (χ4v) is 1.55.